The number of nitrogens with one attached hydrogen (secondary N) is 1. The summed E-state index contributed by atoms with van der Waals surface area (Å²) in [6, 6.07) is 3.85. The largest absolute Gasteiger partial charge is 0.311 e. The van der Waals surface area contributed by atoms with Crippen molar-refractivity contribution in [2.24, 2.45) is 0 Å². The van der Waals surface area contributed by atoms with E-state index in [9.17, 15) is 4.79 Å². The number of hydrogen-bond acceptors (Lipinski definition) is 2. The van der Waals surface area contributed by atoms with Crippen LogP contribution in [-0.4, -0.2) is 18.7 Å². The number of carbonyl (C=O) groups is 1. The standard InChI is InChI=1S/C10H15BN2O/c1-6(2)8-4-5-9(12-7(3)14)13-10(8)11/h4-6H,11H2,1-3H3,(H,12,13,14). The van der Waals surface area contributed by atoms with Crippen LogP contribution in [0.4, 0.5) is 5.82 Å². The van der Waals surface area contributed by atoms with E-state index in [1.54, 1.807) is 0 Å². The molecule has 0 aromatic carbocycles. The highest BCUT2D eigenvalue weighted by Crippen LogP contribution is 2.12. The topological polar surface area (TPSA) is 42.0 Å². The molecule has 1 aromatic rings. The van der Waals surface area contributed by atoms with Gasteiger partial charge in [-0.15, -0.1) is 0 Å². The molecule has 0 aliphatic heterocycles. The summed E-state index contributed by atoms with van der Waals surface area (Å²) in [7, 11) is 1.96. The highest BCUT2D eigenvalue weighted by atomic mass is 16.1. The van der Waals surface area contributed by atoms with Gasteiger partial charge in [0.25, 0.3) is 0 Å². The monoisotopic (exact) mass is 190 g/mol. The molecule has 4 heteroatoms. The van der Waals surface area contributed by atoms with E-state index in [1.165, 1.54) is 12.5 Å². The third-order valence-corrected chi connectivity index (χ3v) is 2.05. The van der Waals surface area contributed by atoms with E-state index in [4.69, 9.17) is 0 Å². The summed E-state index contributed by atoms with van der Waals surface area (Å²) in [5, 5.41) is 2.66. The fraction of sp³-hybridized carbons (Fsp3) is 0.400. The average molecular weight is 190 g/mol. The second-order valence-corrected chi connectivity index (χ2v) is 3.71. The highest BCUT2D eigenvalue weighted by Gasteiger charge is 2.05. The summed E-state index contributed by atoms with van der Waals surface area (Å²) < 4.78 is 0. The number of nitrogens with zero attached hydrogens (tertiary/aromatic N) is 1. The van der Waals surface area contributed by atoms with Crippen molar-refractivity contribution >= 4 is 25.2 Å². The van der Waals surface area contributed by atoms with Crippen LogP contribution >= 0.6 is 0 Å². The van der Waals surface area contributed by atoms with Crippen molar-refractivity contribution < 1.29 is 4.79 Å². The van der Waals surface area contributed by atoms with Crippen LogP contribution in [-0.2, 0) is 4.79 Å². The molecular formula is C10H15BN2O. The molecule has 1 N–H and O–H groups in total. The fourth-order valence-electron chi connectivity index (χ4n) is 1.43. The van der Waals surface area contributed by atoms with Crippen LogP contribution in [0.2, 0.25) is 0 Å². The van der Waals surface area contributed by atoms with Gasteiger partial charge >= 0.3 is 0 Å². The Morgan fingerprint density at radius 3 is 2.57 bits per heavy atom. The van der Waals surface area contributed by atoms with Crippen LogP contribution < -0.4 is 10.9 Å². The van der Waals surface area contributed by atoms with Gasteiger partial charge in [-0.25, -0.2) is 4.98 Å². The molecule has 1 amide bonds. The molecule has 0 radical (unpaired) electrons. The SMILES string of the molecule is Bc1nc(NC(C)=O)ccc1C(C)C. The maximum atomic E-state index is 10.8. The lowest BCUT2D eigenvalue weighted by molar-refractivity contribution is -0.114. The summed E-state index contributed by atoms with van der Waals surface area (Å²) in [4.78, 5) is 15.1. The van der Waals surface area contributed by atoms with Crippen molar-refractivity contribution in [2.45, 2.75) is 26.7 Å². The Balaban J connectivity index is 2.94. The molecule has 0 aliphatic carbocycles. The van der Waals surface area contributed by atoms with Crippen LogP contribution in [0.5, 0.6) is 0 Å². The van der Waals surface area contributed by atoms with Gasteiger partial charge in [-0.3, -0.25) is 4.79 Å². The van der Waals surface area contributed by atoms with Gasteiger partial charge in [0.15, 0.2) is 7.85 Å². The zero-order valence-corrected chi connectivity index (χ0v) is 9.09. The van der Waals surface area contributed by atoms with Gasteiger partial charge in [-0.1, -0.05) is 19.9 Å². The lowest BCUT2D eigenvalue weighted by atomic mass is 9.91. The molecule has 0 saturated carbocycles. The molecule has 1 heterocycles. The number of anilines is 1. The van der Waals surface area contributed by atoms with Gasteiger partial charge in [0, 0.05) is 12.5 Å². The van der Waals surface area contributed by atoms with Crippen molar-refractivity contribution in [3.05, 3.63) is 17.7 Å². The summed E-state index contributed by atoms with van der Waals surface area (Å²) in [6.07, 6.45) is 0. The molecule has 14 heavy (non-hydrogen) atoms. The molecule has 0 spiro atoms. The Kier molecular flexibility index (Phi) is 3.28. The normalized spacial score (nSPS) is 10.3. The van der Waals surface area contributed by atoms with E-state index in [0.717, 1.165) is 5.59 Å². The first-order valence-corrected chi connectivity index (χ1v) is 4.76. The maximum Gasteiger partial charge on any atom is 0.222 e. The molecule has 0 bridgehead atoms. The van der Waals surface area contributed by atoms with Gasteiger partial charge in [0.05, 0.1) is 0 Å². The predicted molar refractivity (Wildman–Crippen MR) is 60.8 cm³/mol. The first-order valence-electron chi connectivity index (χ1n) is 4.76. The first-order chi connectivity index (χ1) is 6.50. The van der Waals surface area contributed by atoms with E-state index in [0.29, 0.717) is 11.7 Å². The van der Waals surface area contributed by atoms with Gasteiger partial charge in [-0.05, 0) is 17.5 Å². The molecule has 1 rings (SSSR count). The molecule has 74 valence electrons. The van der Waals surface area contributed by atoms with Gasteiger partial charge in [-0.2, -0.15) is 0 Å². The van der Waals surface area contributed by atoms with E-state index in [1.807, 2.05) is 20.0 Å². The molecule has 0 aliphatic rings. The number of pyridine rings is 1. The summed E-state index contributed by atoms with van der Waals surface area (Å²) in [5.41, 5.74) is 2.20. The second-order valence-electron chi connectivity index (χ2n) is 3.71. The molecular weight excluding hydrogens is 175 g/mol. The Labute approximate surface area is 85.3 Å². The highest BCUT2D eigenvalue weighted by molar-refractivity contribution is 6.31. The van der Waals surface area contributed by atoms with E-state index < -0.39 is 0 Å². The summed E-state index contributed by atoms with van der Waals surface area (Å²) >= 11 is 0. The number of hydrogen-bond donors (Lipinski definition) is 1. The number of aromatic nitrogens is 1. The minimum Gasteiger partial charge on any atom is -0.311 e. The predicted octanol–water partition coefficient (Wildman–Crippen LogP) is 0.422. The molecule has 0 saturated heterocycles. The fourth-order valence-corrected chi connectivity index (χ4v) is 1.43. The van der Waals surface area contributed by atoms with Crippen molar-refractivity contribution in [3.63, 3.8) is 0 Å². The minimum atomic E-state index is -0.0887. The quantitative estimate of drug-likeness (QED) is 0.686. The average Bonchev–Trinajstić information content (AvgIpc) is 2.01. The van der Waals surface area contributed by atoms with Gasteiger partial charge in [0.2, 0.25) is 5.91 Å². The van der Waals surface area contributed by atoms with E-state index >= 15 is 0 Å². The van der Waals surface area contributed by atoms with E-state index in [-0.39, 0.29) is 5.91 Å². The molecule has 3 nitrogen and oxygen atoms in total. The molecule has 0 fully saturated rings. The van der Waals surface area contributed by atoms with Crippen molar-refractivity contribution in [1.82, 2.24) is 4.98 Å². The van der Waals surface area contributed by atoms with E-state index in [2.05, 4.69) is 24.1 Å². The Hall–Kier alpha value is -1.32. The number of amides is 1. The third kappa shape index (κ3) is 2.59. The zero-order chi connectivity index (χ0) is 10.7. The van der Waals surface area contributed by atoms with Crippen LogP contribution in [0.25, 0.3) is 0 Å². The number of carbonyl (C=O) groups excluding carboxylic acids is 1. The maximum absolute atomic E-state index is 10.8. The third-order valence-electron chi connectivity index (χ3n) is 2.05. The Morgan fingerprint density at radius 1 is 1.50 bits per heavy atom. The molecule has 0 atom stereocenters. The van der Waals surface area contributed by atoms with Crippen LogP contribution in [0.15, 0.2) is 12.1 Å². The molecule has 1 aromatic heterocycles. The van der Waals surface area contributed by atoms with Crippen molar-refractivity contribution in [1.29, 1.82) is 0 Å². The second kappa shape index (κ2) is 4.27. The number of rotatable bonds is 2. The lowest BCUT2D eigenvalue weighted by Gasteiger charge is -2.10. The lowest BCUT2D eigenvalue weighted by Crippen LogP contribution is -2.19. The van der Waals surface area contributed by atoms with Crippen LogP contribution in [0.1, 0.15) is 32.3 Å². The Bertz CT molecular complexity index is 350. The summed E-state index contributed by atoms with van der Waals surface area (Å²) in [6.45, 7) is 5.73. The van der Waals surface area contributed by atoms with Crippen LogP contribution in [0.3, 0.4) is 0 Å². The summed E-state index contributed by atoms with van der Waals surface area (Å²) in [5.74, 6) is 1.00. The van der Waals surface area contributed by atoms with Gasteiger partial charge in [0.1, 0.15) is 5.82 Å². The Morgan fingerprint density at radius 2 is 2.14 bits per heavy atom. The van der Waals surface area contributed by atoms with Crippen molar-refractivity contribution in [2.75, 3.05) is 5.32 Å². The molecule has 0 unspecified atom stereocenters. The minimum absolute atomic E-state index is 0.0887. The van der Waals surface area contributed by atoms with Crippen molar-refractivity contribution in [3.8, 4) is 0 Å². The van der Waals surface area contributed by atoms with Crippen LogP contribution in [0, 0.1) is 0 Å². The smallest absolute Gasteiger partial charge is 0.222 e. The zero-order valence-electron chi connectivity index (χ0n) is 9.09. The van der Waals surface area contributed by atoms with Gasteiger partial charge < -0.3 is 5.32 Å². The first kappa shape index (κ1) is 10.8.